The average Bonchev–Trinajstić information content (AvgIpc) is 2.63. The Labute approximate surface area is 155 Å². The van der Waals surface area contributed by atoms with Crippen molar-refractivity contribution in [1.29, 1.82) is 0 Å². The molecule has 0 aromatic rings. The summed E-state index contributed by atoms with van der Waals surface area (Å²) in [5.41, 5.74) is 0. The van der Waals surface area contributed by atoms with E-state index in [9.17, 15) is 9.18 Å². The molecule has 150 valence electrons. The summed E-state index contributed by atoms with van der Waals surface area (Å²) in [5, 5.41) is 6.76. The molecule has 0 aliphatic heterocycles. The van der Waals surface area contributed by atoms with Gasteiger partial charge in [-0.1, -0.05) is 71.1 Å². The Kier molecular flexibility index (Phi) is 21.1. The van der Waals surface area contributed by atoms with Gasteiger partial charge in [0, 0.05) is 13.0 Å². The molecule has 0 unspecified atom stereocenters. The Bertz CT molecular complexity index is 275. The number of carbonyl (C=O) groups is 1. The number of rotatable bonds is 21. The number of hydrogen-bond donors (Lipinski definition) is 2. The third kappa shape index (κ3) is 21.5. The second kappa shape index (κ2) is 21.6. The Morgan fingerprint density at radius 1 is 0.640 bits per heavy atom. The zero-order valence-electron chi connectivity index (χ0n) is 16.7. The third-order valence-electron chi connectivity index (χ3n) is 4.64. The lowest BCUT2D eigenvalue weighted by molar-refractivity contribution is -0.119. The first-order valence-electron chi connectivity index (χ1n) is 10.8. The molecule has 0 atom stereocenters. The van der Waals surface area contributed by atoms with Gasteiger partial charge in [0.15, 0.2) is 5.78 Å². The van der Waals surface area contributed by atoms with Gasteiger partial charge >= 0.3 is 0 Å². The van der Waals surface area contributed by atoms with Gasteiger partial charge in [-0.15, -0.1) is 0 Å². The summed E-state index contributed by atoms with van der Waals surface area (Å²) < 4.78 is 11.9. The Morgan fingerprint density at radius 3 is 1.48 bits per heavy atom. The first-order chi connectivity index (χ1) is 12.3. The first-order valence-corrected chi connectivity index (χ1v) is 10.8. The summed E-state index contributed by atoms with van der Waals surface area (Å²) in [6.45, 7) is 5.39. The van der Waals surface area contributed by atoms with E-state index in [2.05, 4.69) is 17.6 Å². The molecule has 0 aliphatic rings. The van der Waals surface area contributed by atoms with Crippen LogP contribution in [-0.2, 0) is 4.79 Å². The van der Waals surface area contributed by atoms with Crippen LogP contribution in [0.1, 0.15) is 96.8 Å². The summed E-state index contributed by atoms with van der Waals surface area (Å²) in [5.74, 6) is -0.296. The zero-order valence-corrected chi connectivity index (χ0v) is 16.7. The maximum Gasteiger partial charge on any atom is 0.165 e. The normalized spacial score (nSPS) is 11.1. The standard InChI is InChI=1S/C21H43FN2O/c1-2-3-4-12-16-23-17-13-10-8-6-5-7-9-11-14-18-24-19-15-21(25)20-22/h23-24H,2-20H2,1H3. The highest BCUT2D eigenvalue weighted by Crippen LogP contribution is 2.09. The van der Waals surface area contributed by atoms with E-state index in [0.717, 1.165) is 13.0 Å². The van der Waals surface area contributed by atoms with E-state index in [1.807, 2.05) is 0 Å². The van der Waals surface area contributed by atoms with E-state index in [1.54, 1.807) is 0 Å². The highest BCUT2D eigenvalue weighted by molar-refractivity contribution is 5.79. The largest absolute Gasteiger partial charge is 0.317 e. The van der Waals surface area contributed by atoms with Gasteiger partial charge in [-0.2, -0.15) is 0 Å². The monoisotopic (exact) mass is 358 g/mol. The lowest BCUT2D eigenvalue weighted by Crippen LogP contribution is -2.19. The molecule has 4 heteroatoms. The van der Waals surface area contributed by atoms with Crippen LogP contribution < -0.4 is 10.6 Å². The molecule has 0 aliphatic carbocycles. The van der Waals surface area contributed by atoms with Crippen LogP contribution in [0.25, 0.3) is 0 Å². The molecule has 0 bridgehead atoms. The van der Waals surface area contributed by atoms with Crippen molar-refractivity contribution in [2.75, 3.05) is 32.9 Å². The van der Waals surface area contributed by atoms with Crippen LogP contribution in [0.3, 0.4) is 0 Å². The van der Waals surface area contributed by atoms with Crippen LogP contribution in [0.4, 0.5) is 4.39 Å². The van der Waals surface area contributed by atoms with Crippen molar-refractivity contribution in [3.63, 3.8) is 0 Å². The van der Waals surface area contributed by atoms with Gasteiger partial charge < -0.3 is 10.6 Å². The second-order valence-electron chi connectivity index (χ2n) is 7.16. The average molecular weight is 359 g/mol. The van der Waals surface area contributed by atoms with Crippen molar-refractivity contribution in [3.8, 4) is 0 Å². The van der Waals surface area contributed by atoms with E-state index < -0.39 is 6.67 Å². The van der Waals surface area contributed by atoms with Crippen molar-refractivity contribution < 1.29 is 9.18 Å². The van der Waals surface area contributed by atoms with Crippen molar-refractivity contribution >= 4 is 5.78 Å². The molecule has 2 N–H and O–H groups in total. The van der Waals surface area contributed by atoms with Crippen molar-refractivity contribution in [3.05, 3.63) is 0 Å². The summed E-state index contributed by atoms with van der Waals surface area (Å²) in [7, 11) is 0. The number of nitrogens with one attached hydrogen (secondary N) is 2. The van der Waals surface area contributed by atoms with Crippen molar-refractivity contribution in [1.82, 2.24) is 10.6 Å². The fourth-order valence-electron chi connectivity index (χ4n) is 2.96. The van der Waals surface area contributed by atoms with E-state index in [1.165, 1.54) is 90.1 Å². The number of halogens is 1. The first kappa shape index (κ1) is 24.5. The predicted molar refractivity (Wildman–Crippen MR) is 107 cm³/mol. The van der Waals surface area contributed by atoms with Gasteiger partial charge in [-0.25, -0.2) is 4.39 Å². The molecule has 3 nitrogen and oxygen atoms in total. The SMILES string of the molecule is CCCCCCNCCCCCCCCCCCNCCC(=O)CF. The van der Waals surface area contributed by atoms with Crippen molar-refractivity contribution in [2.24, 2.45) is 0 Å². The van der Waals surface area contributed by atoms with E-state index in [4.69, 9.17) is 0 Å². The highest BCUT2D eigenvalue weighted by atomic mass is 19.1. The summed E-state index contributed by atoms with van der Waals surface area (Å²) in [4.78, 5) is 10.8. The summed E-state index contributed by atoms with van der Waals surface area (Å²) in [6.07, 6.45) is 17.6. The quantitative estimate of drug-likeness (QED) is 0.278. The van der Waals surface area contributed by atoms with E-state index in [0.29, 0.717) is 13.0 Å². The molecular weight excluding hydrogens is 315 g/mol. The van der Waals surface area contributed by atoms with Gasteiger partial charge in [0.25, 0.3) is 0 Å². The summed E-state index contributed by atoms with van der Waals surface area (Å²) >= 11 is 0. The molecule has 0 spiro atoms. The second-order valence-corrected chi connectivity index (χ2v) is 7.16. The Hall–Kier alpha value is -0.480. The zero-order chi connectivity index (χ0) is 18.4. The van der Waals surface area contributed by atoms with Crippen LogP contribution in [0, 0.1) is 0 Å². The van der Waals surface area contributed by atoms with E-state index in [-0.39, 0.29) is 5.78 Å². The Morgan fingerprint density at radius 2 is 1.04 bits per heavy atom. The molecule has 0 radical (unpaired) electrons. The minimum Gasteiger partial charge on any atom is -0.317 e. The van der Waals surface area contributed by atoms with Gasteiger partial charge in [-0.05, 0) is 38.9 Å². The smallest absolute Gasteiger partial charge is 0.165 e. The molecule has 0 saturated carbocycles. The highest BCUT2D eigenvalue weighted by Gasteiger charge is 1.99. The van der Waals surface area contributed by atoms with Gasteiger partial charge in [0.05, 0.1) is 0 Å². The van der Waals surface area contributed by atoms with Crippen LogP contribution in [0.5, 0.6) is 0 Å². The predicted octanol–water partition coefficient (Wildman–Crippen LogP) is 5.19. The van der Waals surface area contributed by atoms with E-state index >= 15 is 0 Å². The third-order valence-corrected chi connectivity index (χ3v) is 4.64. The van der Waals surface area contributed by atoms with Crippen molar-refractivity contribution in [2.45, 2.75) is 96.8 Å². The van der Waals surface area contributed by atoms with Gasteiger partial charge in [-0.3, -0.25) is 4.79 Å². The summed E-state index contributed by atoms with van der Waals surface area (Å²) in [6, 6.07) is 0. The molecular formula is C21H43FN2O. The maximum atomic E-state index is 11.9. The van der Waals surface area contributed by atoms with Crippen LogP contribution >= 0.6 is 0 Å². The fraction of sp³-hybridized carbons (Fsp3) is 0.952. The number of alkyl halides is 1. The van der Waals surface area contributed by atoms with Crippen LogP contribution in [-0.4, -0.2) is 38.6 Å². The molecule has 0 aromatic carbocycles. The molecule has 0 rings (SSSR count). The maximum absolute atomic E-state index is 11.9. The lowest BCUT2D eigenvalue weighted by Gasteiger charge is -2.05. The number of Topliss-reactive ketones (excluding diaryl/α,β-unsaturated/α-hetero) is 1. The number of unbranched alkanes of at least 4 members (excludes halogenated alkanes) is 11. The molecule has 0 saturated heterocycles. The molecule has 0 fully saturated rings. The molecule has 0 amide bonds. The Balaban J connectivity index is 2.99. The molecule has 25 heavy (non-hydrogen) atoms. The van der Waals surface area contributed by atoms with Crippen LogP contribution in [0.2, 0.25) is 0 Å². The molecule has 0 aromatic heterocycles. The fourth-order valence-corrected chi connectivity index (χ4v) is 2.96. The minimum atomic E-state index is -0.822. The van der Waals surface area contributed by atoms with Gasteiger partial charge in [0.1, 0.15) is 6.67 Å². The number of hydrogen-bond acceptors (Lipinski definition) is 3. The van der Waals surface area contributed by atoms with Gasteiger partial charge in [0.2, 0.25) is 0 Å². The molecule has 0 heterocycles. The minimum absolute atomic E-state index is 0.296. The van der Waals surface area contributed by atoms with Crippen LogP contribution in [0.15, 0.2) is 0 Å². The lowest BCUT2D eigenvalue weighted by atomic mass is 10.1. The number of ketones is 1. The topological polar surface area (TPSA) is 41.1 Å². The number of carbonyl (C=O) groups excluding carboxylic acids is 1.